The third-order valence-corrected chi connectivity index (χ3v) is 8.82. The van der Waals surface area contributed by atoms with Gasteiger partial charge in [0.05, 0.1) is 12.2 Å². The van der Waals surface area contributed by atoms with Crippen LogP contribution in [0.4, 0.5) is 31.0 Å². The molecule has 6 rings (SSSR count). The van der Waals surface area contributed by atoms with Gasteiger partial charge >= 0.3 is 6.03 Å². The maximum atomic E-state index is 15.1. The Morgan fingerprint density at radius 3 is 2.44 bits per heavy atom. The van der Waals surface area contributed by atoms with Crippen molar-refractivity contribution in [3.8, 4) is 11.3 Å². The summed E-state index contributed by atoms with van der Waals surface area (Å²) in [5.41, 5.74) is 8.19. The van der Waals surface area contributed by atoms with Crippen molar-refractivity contribution < 1.29 is 18.4 Å². The molecule has 3 aliphatic rings. The molecule has 0 atom stereocenters. The zero-order valence-corrected chi connectivity index (χ0v) is 24.4. The number of nitrogens with two attached hydrogens (primary N) is 1. The van der Waals surface area contributed by atoms with Crippen molar-refractivity contribution in [1.29, 1.82) is 0 Å². The second kappa shape index (κ2) is 12.2. The van der Waals surface area contributed by atoms with Crippen LogP contribution >= 0.6 is 0 Å². The van der Waals surface area contributed by atoms with Gasteiger partial charge in [0.25, 0.3) is 0 Å². The van der Waals surface area contributed by atoms with Crippen molar-refractivity contribution in [2.75, 3.05) is 36.0 Å². The van der Waals surface area contributed by atoms with Crippen LogP contribution in [0.2, 0.25) is 0 Å². The summed E-state index contributed by atoms with van der Waals surface area (Å²) >= 11 is 0. The van der Waals surface area contributed by atoms with E-state index >= 15 is 8.78 Å². The topological polar surface area (TPSA) is 108 Å². The molecule has 43 heavy (non-hydrogen) atoms. The fraction of sp³-hybridized carbons (Fsp3) is 0.438. The summed E-state index contributed by atoms with van der Waals surface area (Å²) in [6, 6.07) is 8.62. The summed E-state index contributed by atoms with van der Waals surface area (Å²) in [5, 5.41) is 2.75. The Bertz CT molecular complexity index is 1510. The number of para-hydroxylation sites is 1. The first-order valence-electron chi connectivity index (χ1n) is 15.2. The van der Waals surface area contributed by atoms with E-state index < -0.39 is 29.3 Å². The highest BCUT2D eigenvalue weighted by Crippen LogP contribution is 2.40. The molecular formula is C32H37F2N7O2. The molecule has 3 N–H and O–H groups in total. The average molecular weight is 590 g/mol. The van der Waals surface area contributed by atoms with Crippen LogP contribution in [-0.2, 0) is 13.0 Å². The van der Waals surface area contributed by atoms with E-state index in [-0.39, 0.29) is 12.4 Å². The lowest BCUT2D eigenvalue weighted by atomic mass is 9.94. The number of aromatic nitrogens is 2. The second-order valence-electron chi connectivity index (χ2n) is 11.5. The molecule has 226 valence electrons. The van der Waals surface area contributed by atoms with Gasteiger partial charge in [-0.1, -0.05) is 25.5 Å². The summed E-state index contributed by atoms with van der Waals surface area (Å²) in [6.07, 6.45) is 6.96. The van der Waals surface area contributed by atoms with Crippen LogP contribution in [0.3, 0.4) is 0 Å². The lowest BCUT2D eigenvalue weighted by Gasteiger charge is -2.38. The normalized spacial score (nSPS) is 17.7. The molecule has 2 aromatic carbocycles. The lowest BCUT2D eigenvalue weighted by molar-refractivity contribution is 0.1000. The molecular weight excluding hydrogens is 552 g/mol. The van der Waals surface area contributed by atoms with Crippen molar-refractivity contribution >= 4 is 29.4 Å². The van der Waals surface area contributed by atoms with Crippen molar-refractivity contribution in [3.63, 3.8) is 0 Å². The standard InChI is InChI=1S/C32H37F2N7O2/c1-2-3-7-20-10-11-21(29(35)42)18-23(20)27-24-19-36-32(43)41(28-25(33)8-6-9-26(28)34)30(24)38-31(37-27)40-16-12-22(13-17-40)39-14-4-5-15-39/h6,8-11,18,22H,2-5,7,12-17,19H2,1H3,(H2,35,42)(H,36,43). The Hall–Kier alpha value is -4.12. The van der Waals surface area contributed by atoms with Gasteiger partial charge in [0.2, 0.25) is 11.9 Å². The SMILES string of the molecule is CCCCc1ccc(C(N)=O)cc1-c1nc(N2CCC(N3CCCC3)CC2)nc2c1CNC(=O)N2c1c(F)cccc1F. The maximum absolute atomic E-state index is 15.1. The van der Waals surface area contributed by atoms with E-state index in [9.17, 15) is 9.59 Å². The predicted octanol–water partition coefficient (Wildman–Crippen LogP) is 5.29. The number of halogens is 2. The molecule has 0 spiro atoms. The summed E-state index contributed by atoms with van der Waals surface area (Å²) in [6.45, 7) is 5.83. The molecule has 1 aromatic heterocycles. The van der Waals surface area contributed by atoms with Crippen LogP contribution in [0.1, 0.15) is 66.9 Å². The highest BCUT2D eigenvalue weighted by Gasteiger charge is 2.36. The number of carbonyl (C=O) groups is 2. The smallest absolute Gasteiger partial charge is 0.328 e. The number of nitrogens with zero attached hydrogens (tertiary/aromatic N) is 5. The molecule has 0 aliphatic carbocycles. The largest absolute Gasteiger partial charge is 0.366 e. The summed E-state index contributed by atoms with van der Waals surface area (Å²) in [4.78, 5) is 41.0. The molecule has 3 aliphatic heterocycles. The summed E-state index contributed by atoms with van der Waals surface area (Å²) in [7, 11) is 0. The first-order chi connectivity index (χ1) is 20.9. The number of primary amides is 1. The highest BCUT2D eigenvalue weighted by atomic mass is 19.1. The molecule has 0 saturated carbocycles. The van der Waals surface area contributed by atoms with Crippen LogP contribution in [0.15, 0.2) is 36.4 Å². The molecule has 0 bridgehead atoms. The number of piperidine rings is 1. The van der Waals surface area contributed by atoms with Gasteiger partial charge in [0.1, 0.15) is 17.3 Å². The molecule has 11 heteroatoms. The number of urea groups is 1. The van der Waals surface area contributed by atoms with Crippen LogP contribution in [0.25, 0.3) is 11.3 Å². The zero-order valence-electron chi connectivity index (χ0n) is 24.4. The van der Waals surface area contributed by atoms with Crippen molar-refractivity contribution in [2.24, 2.45) is 5.73 Å². The predicted molar refractivity (Wildman–Crippen MR) is 161 cm³/mol. The van der Waals surface area contributed by atoms with E-state index in [1.165, 1.54) is 18.9 Å². The van der Waals surface area contributed by atoms with Gasteiger partial charge < -0.3 is 20.9 Å². The monoisotopic (exact) mass is 589 g/mol. The van der Waals surface area contributed by atoms with Crippen molar-refractivity contribution in [2.45, 2.75) is 64.5 Å². The number of aryl methyl sites for hydroxylation is 1. The van der Waals surface area contributed by atoms with Gasteiger partial charge in [-0.3, -0.25) is 4.79 Å². The van der Waals surface area contributed by atoms with Crippen LogP contribution in [0, 0.1) is 11.6 Å². The maximum Gasteiger partial charge on any atom is 0.328 e. The number of amides is 3. The number of hydrogen-bond acceptors (Lipinski definition) is 6. The Balaban J connectivity index is 1.51. The molecule has 3 amide bonds. The van der Waals surface area contributed by atoms with Crippen LogP contribution in [0.5, 0.6) is 0 Å². The quantitative estimate of drug-likeness (QED) is 0.370. The number of anilines is 3. The van der Waals surface area contributed by atoms with Gasteiger partial charge in [-0.05, 0) is 81.4 Å². The van der Waals surface area contributed by atoms with E-state index in [1.807, 2.05) is 6.07 Å². The number of fused-ring (bicyclic) bond motifs is 1. The molecule has 2 saturated heterocycles. The van der Waals surface area contributed by atoms with E-state index in [2.05, 4.69) is 22.0 Å². The molecule has 0 unspecified atom stereocenters. The van der Waals surface area contributed by atoms with Gasteiger partial charge in [0.15, 0.2) is 5.82 Å². The molecule has 3 aromatic rings. The number of benzene rings is 2. The Morgan fingerprint density at radius 2 is 1.77 bits per heavy atom. The molecule has 2 fully saturated rings. The van der Waals surface area contributed by atoms with Crippen LogP contribution in [-0.4, -0.2) is 59.0 Å². The Morgan fingerprint density at radius 1 is 1.05 bits per heavy atom. The third-order valence-electron chi connectivity index (χ3n) is 8.82. The number of unbranched alkanes of at least 4 members (excludes halogenated alkanes) is 1. The van der Waals surface area contributed by atoms with E-state index in [4.69, 9.17) is 15.7 Å². The fourth-order valence-electron chi connectivity index (χ4n) is 6.49. The highest BCUT2D eigenvalue weighted by molar-refractivity contribution is 6.02. The molecule has 4 heterocycles. The number of carbonyl (C=O) groups excluding carboxylic acids is 2. The summed E-state index contributed by atoms with van der Waals surface area (Å²) < 4.78 is 30.3. The number of likely N-dealkylation sites (tertiary alicyclic amines) is 1. The minimum atomic E-state index is -0.879. The van der Waals surface area contributed by atoms with Crippen LogP contribution < -0.4 is 20.9 Å². The first-order valence-corrected chi connectivity index (χ1v) is 15.2. The van der Waals surface area contributed by atoms with Gasteiger partial charge in [-0.2, -0.15) is 4.98 Å². The summed E-state index contributed by atoms with van der Waals surface area (Å²) in [5.74, 6) is -1.82. The second-order valence-corrected chi connectivity index (χ2v) is 11.5. The van der Waals surface area contributed by atoms with E-state index in [0.29, 0.717) is 47.5 Å². The number of nitrogens with one attached hydrogen (secondary N) is 1. The number of rotatable bonds is 8. The average Bonchev–Trinajstić information content (AvgIpc) is 3.56. The minimum absolute atomic E-state index is 0.0569. The van der Waals surface area contributed by atoms with Gasteiger partial charge in [0, 0.05) is 35.8 Å². The number of hydrogen-bond donors (Lipinski definition) is 2. The van der Waals surface area contributed by atoms with Gasteiger partial charge in [-0.25, -0.2) is 23.5 Å². The van der Waals surface area contributed by atoms with Crippen molar-refractivity contribution in [1.82, 2.24) is 20.2 Å². The lowest BCUT2D eigenvalue weighted by Crippen LogP contribution is -2.45. The fourth-order valence-corrected chi connectivity index (χ4v) is 6.49. The zero-order chi connectivity index (χ0) is 30.1. The van der Waals surface area contributed by atoms with Crippen molar-refractivity contribution in [3.05, 3.63) is 64.7 Å². The Kier molecular flexibility index (Phi) is 8.25. The first kappa shape index (κ1) is 29.0. The Labute approximate surface area is 250 Å². The molecule has 9 nitrogen and oxygen atoms in total. The van der Waals surface area contributed by atoms with E-state index in [1.54, 1.807) is 12.1 Å². The molecule has 0 radical (unpaired) electrons. The van der Waals surface area contributed by atoms with E-state index in [0.717, 1.165) is 67.8 Å². The van der Waals surface area contributed by atoms with Gasteiger partial charge in [-0.15, -0.1) is 0 Å². The third kappa shape index (κ3) is 5.65. The minimum Gasteiger partial charge on any atom is -0.366 e.